The van der Waals surface area contributed by atoms with E-state index in [1.54, 1.807) is 19.1 Å². The number of amides is 2. The molecule has 2 amide bonds. The lowest BCUT2D eigenvalue weighted by atomic mass is 9.76. The number of urea groups is 1. The van der Waals surface area contributed by atoms with Gasteiger partial charge in [-0.2, -0.15) is 0 Å². The summed E-state index contributed by atoms with van der Waals surface area (Å²) in [7, 11) is 3.57. The Bertz CT molecular complexity index is 552. The smallest absolute Gasteiger partial charge is 0.321 e. The Morgan fingerprint density at radius 2 is 2.24 bits per heavy atom. The molecule has 3 rings (SSSR count). The van der Waals surface area contributed by atoms with Gasteiger partial charge < -0.3 is 15.0 Å². The number of alkyl halides is 1. The average Bonchev–Trinajstić information content (AvgIpc) is 2.43. The van der Waals surface area contributed by atoms with Gasteiger partial charge in [0.1, 0.15) is 0 Å². The fourth-order valence-corrected chi connectivity index (χ4v) is 3.52. The Hall–Kier alpha value is -1.26. The fraction of sp³-hybridized carbons (Fsp3) is 0.562. The minimum Gasteiger partial charge on any atom is -0.378 e. The number of nitrogens with zero attached hydrogens (tertiary/aromatic N) is 1. The van der Waals surface area contributed by atoms with Crippen molar-refractivity contribution in [1.29, 1.82) is 0 Å². The summed E-state index contributed by atoms with van der Waals surface area (Å²) in [6.07, 6.45) is 4.25. The van der Waals surface area contributed by atoms with Gasteiger partial charge in [0.15, 0.2) is 0 Å². The first-order chi connectivity index (χ1) is 10.0. The predicted molar refractivity (Wildman–Crippen MR) is 83.7 cm³/mol. The number of rotatable bonds is 4. The summed E-state index contributed by atoms with van der Waals surface area (Å²) in [6, 6.07) is 5.99. The van der Waals surface area contributed by atoms with Crippen LogP contribution in [0.15, 0.2) is 18.2 Å². The first-order valence-corrected chi connectivity index (χ1v) is 7.81. The van der Waals surface area contributed by atoms with Crippen molar-refractivity contribution in [2.75, 3.05) is 19.5 Å². The first-order valence-electron chi connectivity index (χ1n) is 7.37. The largest absolute Gasteiger partial charge is 0.378 e. The van der Waals surface area contributed by atoms with Gasteiger partial charge in [-0.25, -0.2) is 4.79 Å². The molecule has 21 heavy (non-hydrogen) atoms. The monoisotopic (exact) mass is 308 g/mol. The van der Waals surface area contributed by atoms with Crippen molar-refractivity contribution in [2.45, 2.75) is 43.2 Å². The number of carbonyl (C=O) groups excluding carboxylic acids is 1. The highest BCUT2D eigenvalue weighted by Crippen LogP contribution is 2.44. The standard InChI is InChI=1S/C16H21ClN2O2/c1-19-10-12-8-11(4-5-14(12)18-15(19)20)13(17)9-16(21-2)6-3-7-16/h4-5,8,13H,3,6-7,9-10H2,1-2H3,(H,18,20). The van der Waals surface area contributed by atoms with Crippen LogP contribution in [0.2, 0.25) is 0 Å². The molecule has 0 radical (unpaired) electrons. The molecule has 1 unspecified atom stereocenters. The first kappa shape index (κ1) is 14.7. The van der Waals surface area contributed by atoms with E-state index >= 15 is 0 Å². The van der Waals surface area contributed by atoms with Crippen LogP contribution in [0.5, 0.6) is 0 Å². The number of anilines is 1. The third-order valence-electron chi connectivity index (χ3n) is 4.74. The molecule has 0 saturated heterocycles. The summed E-state index contributed by atoms with van der Waals surface area (Å²) in [5.41, 5.74) is 3.06. The number of benzene rings is 1. The van der Waals surface area contributed by atoms with Crippen molar-refractivity contribution in [3.05, 3.63) is 29.3 Å². The molecule has 0 bridgehead atoms. The van der Waals surface area contributed by atoms with E-state index in [-0.39, 0.29) is 17.0 Å². The lowest BCUT2D eigenvalue weighted by Crippen LogP contribution is -2.40. The third kappa shape index (κ3) is 2.74. The van der Waals surface area contributed by atoms with Crippen molar-refractivity contribution in [3.8, 4) is 0 Å². The quantitative estimate of drug-likeness (QED) is 0.857. The molecule has 1 aromatic rings. The molecule has 0 spiro atoms. The molecule has 1 aliphatic heterocycles. The Kier molecular flexibility index (Phi) is 3.84. The van der Waals surface area contributed by atoms with Crippen molar-refractivity contribution in [1.82, 2.24) is 4.90 Å². The summed E-state index contributed by atoms with van der Waals surface area (Å²) >= 11 is 6.61. The summed E-state index contributed by atoms with van der Waals surface area (Å²) in [4.78, 5) is 13.3. The highest BCUT2D eigenvalue weighted by atomic mass is 35.5. The van der Waals surface area contributed by atoms with E-state index in [1.807, 2.05) is 12.1 Å². The third-order valence-corrected chi connectivity index (χ3v) is 5.14. The Balaban J connectivity index is 1.77. The maximum atomic E-state index is 11.6. The molecular formula is C16H21ClN2O2. The molecule has 1 aliphatic carbocycles. The highest BCUT2D eigenvalue weighted by Gasteiger charge is 2.39. The second-order valence-electron chi connectivity index (χ2n) is 6.12. The van der Waals surface area contributed by atoms with Gasteiger partial charge in [-0.1, -0.05) is 12.1 Å². The normalized spacial score (nSPS) is 21.3. The number of hydrogen-bond acceptors (Lipinski definition) is 2. The van der Waals surface area contributed by atoms with Crippen LogP contribution >= 0.6 is 11.6 Å². The molecule has 1 fully saturated rings. The molecule has 2 aliphatic rings. The Labute approximate surface area is 130 Å². The summed E-state index contributed by atoms with van der Waals surface area (Å²) in [5.74, 6) is 0. The second-order valence-corrected chi connectivity index (χ2v) is 6.64. The summed E-state index contributed by atoms with van der Waals surface area (Å²) < 4.78 is 5.66. The van der Waals surface area contributed by atoms with Gasteiger partial charge in [-0.15, -0.1) is 11.6 Å². The number of ether oxygens (including phenoxy) is 1. The number of fused-ring (bicyclic) bond motifs is 1. The van der Waals surface area contributed by atoms with Gasteiger partial charge in [-0.3, -0.25) is 0 Å². The van der Waals surface area contributed by atoms with E-state index in [1.165, 1.54) is 6.42 Å². The molecule has 114 valence electrons. The van der Waals surface area contributed by atoms with Gasteiger partial charge in [0.05, 0.1) is 11.0 Å². The van der Waals surface area contributed by atoms with Crippen LogP contribution in [-0.4, -0.2) is 30.7 Å². The summed E-state index contributed by atoms with van der Waals surface area (Å²) in [6.45, 7) is 0.619. The zero-order valence-electron chi connectivity index (χ0n) is 12.5. The van der Waals surface area contributed by atoms with Crippen LogP contribution in [0.1, 0.15) is 42.2 Å². The molecule has 1 saturated carbocycles. The van der Waals surface area contributed by atoms with Gasteiger partial charge in [-0.05, 0) is 42.9 Å². The lowest BCUT2D eigenvalue weighted by molar-refractivity contribution is -0.0780. The number of hydrogen-bond donors (Lipinski definition) is 1. The van der Waals surface area contributed by atoms with E-state index in [4.69, 9.17) is 16.3 Å². The number of carbonyl (C=O) groups is 1. The van der Waals surface area contributed by atoms with E-state index in [9.17, 15) is 4.79 Å². The van der Waals surface area contributed by atoms with Crippen molar-refractivity contribution in [3.63, 3.8) is 0 Å². The minimum absolute atomic E-state index is 0.0344. The Morgan fingerprint density at radius 1 is 1.48 bits per heavy atom. The van der Waals surface area contributed by atoms with Crippen LogP contribution in [0.25, 0.3) is 0 Å². The van der Waals surface area contributed by atoms with Gasteiger partial charge >= 0.3 is 6.03 Å². The lowest BCUT2D eigenvalue weighted by Gasteiger charge is -2.42. The molecule has 4 nitrogen and oxygen atoms in total. The van der Waals surface area contributed by atoms with Gasteiger partial charge in [0.2, 0.25) is 0 Å². The van der Waals surface area contributed by atoms with E-state index < -0.39 is 0 Å². The SMILES string of the molecule is COC1(CC(Cl)c2ccc3c(c2)CN(C)C(=O)N3)CCC1. The van der Waals surface area contributed by atoms with Crippen LogP contribution in [0, 0.1) is 0 Å². The maximum Gasteiger partial charge on any atom is 0.321 e. The predicted octanol–water partition coefficient (Wildman–Crippen LogP) is 3.90. The van der Waals surface area contributed by atoms with Crippen molar-refractivity contribution >= 4 is 23.3 Å². The molecule has 5 heteroatoms. The molecule has 1 N–H and O–H groups in total. The van der Waals surface area contributed by atoms with Crippen LogP contribution < -0.4 is 5.32 Å². The van der Waals surface area contributed by atoms with E-state index in [2.05, 4.69) is 11.4 Å². The number of halogens is 1. The molecule has 0 aromatic heterocycles. The summed E-state index contributed by atoms with van der Waals surface area (Å²) in [5, 5.41) is 2.82. The highest BCUT2D eigenvalue weighted by molar-refractivity contribution is 6.20. The Morgan fingerprint density at radius 3 is 2.86 bits per heavy atom. The molecule has 1 atom stereocenters. The van der Waals surface area contributed by atoms with Gasteiger partial charge in [0, 0.05) is 26.4 Å². The average molecular weight is 309 g/mol. The van der Waals surface area contributed by atoms with Crippen molar-refractivity contribution in [2.24, 2.45) is 0 Å². The molecular weight excluding hydrogens is 288 g/mol. The number of nitrogens with one attached hydrogen (secondary N) is 1. The minimum atomic E-state index is -0.0644. The van der Waals surface area contributed by atoms with E-state index in [0.29, 0.717) is 6.54 Å². The van der Waals surface area contributed by atoms with Crippen LogP contribution in [0.3, 0.4) is 0 Å². The topological polar surface area (TPSA) is 41.6 Å². The zero-order chi connectivity index (χ0) is 15.0. The van der Waals surface area contributed by atoms with Crippen LogP contribution in [0.4, 0.5) is 10.5 Å². The fourth-order valence-electron chi connectivity index (χ4n) is 3.11. The zero-order valence-corrected chi connectivity index (χ0v) is 13.2. The van der Waals surface area contributed by atoms with Gasteiger partial charge in [0.25, 0.3) is 0 Å². The molecule has 1 aromatic carbocycles. The maximum absolute atomic E-state index is 11.6. The van der Waals surface area contributed by atoms with E-state index in [0.717, 1.165) is 36.1 Å². The molecule has 1 heterocycles. The van der Waals surface area contributed by atoms with Crippen LogP contribution in [-0.2, 0) is 11.3 Å². The number of methoxy groups -OCH3 is 1. The second kappa shape index (κ2) is 5.50. The van der Waals surface area contributed by atoms with Crippen molar-refractivity contribution < 1.29 is 9.53 Å².